The maximum Gasteiger partial charge on any atom is 0.203 e. The van der Waals surface area contributed by atoms with Crippen molar-refractivity contribution in [2.75, 3.05) is 27.2 Å². The summed E-state index contributed by atoms with van der Waals surface area (Å²) in [6.07, 6.45) is 1.30. The SMILES string of the molecule is CCC[Si](C)(N(C)C)N(CC)CC. The maximum absolute atomic E-state index is 2.66. The molecule has 13 heavy (non-hydrogen) atoms. The molecule has 0 bridgehead atoms. The molecule has 0 heterocycles. The van der Waals surface area contributed by atoms with Gasteiger partial charge >= 0.3 is 0 Å². The molecule has 0 saturated carbocycles. The minimum Gasteiger partial charge on any atom is -0.317 e. The fourth-order valence-corrected chi connectivity index (χ4v) is 5.68. The molecule has 0 rings (SSSR count). The van der Waals surface area contributed by atoms with Crippen LogP contribution in [0, 0.1) is 0 Å². The molecular weight excluding hydrogens is 176 g/mol. The van der Waals surface area contributed by atoms with Gasteiger partial charge in [0.1, 0.15) is 0 Å². The van der Waals surface area contributed by atoms with Gasteiger partial charge in [0.15, 0.2) is 0 Å². The Morgan fingerprint density at radius 3 is 1.69 bits per heavy atom. The van der Waals surface area contributed by atoms with Gasteiger partial charge in [0.05, 0.1) is 0 Å². The fraction of sp³-hybridized carbons (Fsp3) is 1.00. The van der Waals surface area contributed by atoms with Gasteiger partial charge in [-0.3, -0.25) is 0 Å². The van der Waals surface area contributed by atoms with Gasteiger partial charge in [-0.25, -0.2) is 0 Å². The Kier molecular flexibility index (Phi) is 5.84. The van der Waals surface area contributed by atoms with Crippen molar-refractivity contribution in [3.63, 3.8) is 0 Å². The molecule has 0 N–H and O–H groups in total. The lowest BCUT2D eigenvalue weighted by molar-refractivity contribution is 0.398. The number of hydrogen-bond donors (Lipinski definition) is 0. The minimum atomic E-state index is -1.29. The largest absolute Gasteiger partial charge is 0.317 e. The van der Waals surface area contributed by atoms with E-state index >= 15 is 0 Å². The summed E-state index contributed by atoms with van der Waals surface area (Å²) in [7, 11) is 3.18. The van der Waals surface area contributed by atoms with Crippen molar-refractivity contribution in [3.8, 4) is 0 Å². The zero-order chi connectivity index (χ0) is 10.5. The molecule has 0 radical (unpaired) electrons. The van der Waals surface area contributed by atoms with Crippen molar-refractivity contribution in [3.05, 3.63) is 0 Å². The van der Waals surface area contributed by atoms with Crippen LogP contribution >= 0.6 is 0 Å². The Balaban J connectivity index is 4.53. The summed E-state index contributed by atoms with van der Waals surface area (Å²) in [5.74, 6) is 0. The molecule has 0 saturated heterocycles. The van der Waals surface area contributed by atoms with Gasteiger partial charge in [0.25, 0.3) is 0 Å². The van der Waals surface area contributed by atoms with Crippen LogP contribution in [-0.2, 0) is 0 Å². The van der Waals surface area contributed by atoms with Crippen LogP contribution in [-0.4, -0.2) is 44.7 Å². The molecule has 0 aromatic carbocycles. The molecule has 80 valence electrons. The molecule has 0 aromatic rings. The van der Waals surface area contributed by atoms with Crippen LogP contribution in [0.5, 0.6) is 0 Å². The summed E-state index contributed by atoms with van der Waals surface area (Å²) in [6, 6.07) is 1.38. The van der Waals surface area contributed by atoms with Crippen LogP contribution < -0.4 is 0 Å². The van der Waals surface area contributed by atoms with Crippen LogP contribution in [0.15, 0.2) is 0 Å². The van der Waals surface area contributed by atoms with Gasteiger partial charge in [0.2, 0.25) is 8.40 Å². The predicted molar refractivity (Wildman–Crippen MR) is 63.3 cm³/mol. The summed E-state index contributed by atoms with van der Waals surface area (Å²) in [5.41, 5.74) is 0. The third kappa shape index (κ3) is 3.08. The van der Waals surface area contributed by atoms with Gasteiger partial charge in [-0.15, -0.1) is 0 Å². The molecule has 3 heteroatoms. The van der Waals surface area contributed by atoms with Crippen LogP contribution in [0.3, 0.4) is 0 Å². The maximum atomic E-state index is 2.66. The highest BCUT2D eigenvalue weighted by molar-refractivity contribution is 6.73. The van der Waals surface area contributed by atoms with Crippen molar-refractivity contribution in [2.45, 2.75) is 39.8 Å². The minimum absolute atomic E-state index is 1.19. The van der Waals surface area contributed by atoms with Gasteiger partial charge < -0.3 is 9.13 Å². The molecule has 0 aliphatic rings. The first-order valence-corrected chi connectivity index (χ1v) is 8.05. The van der Waals surface area contributed by atoms with E-state index in [1.165, 1.54) is 25.6 Å². The number of nitrogens with zero attached hydrogens (tertiary/aromatic N) is 2. The summed E-state index contributed by atoms with van der Waals surface area (Å²) in [6.45, 7) is 11.7. The zero-order valence-corrected chi connectivity index (χ0v) is 11.2. The van der Waals surface area contributed by atoms with E-state index in [0.717, 1.165) is 0 Å². The molecule has 0 aliphatic heterocycles. The first kappa shape index (κ1) is 13.1. The third-order valence-corrected chi connectivity index (χ3v) is 8.50. The molecule has 0 amide bonds. The summed E-state index contributed by atoms with van der Waals surface area (Å²) >= 11 is 0. The highest BCUT2D eigenvalue weighted by Gasteiger charge is 2.34. The van der Waals surface area contributed by atoms with E-state index in [0.29, 0.717) is 0 Å². The quantitative estimate of drug-likeness (QED) is 0.610. The standard InChI is InChI=1S/C10H26N2Si/c1-7-10-13(6,11(4)5)12(8-2)9-3/h7-10H2,1-6H3. The number of rotatable bonds is 6. The third-order valence-electron chi connectivity index (χ3n) is 3.13. The Labute approximate surface area is 85.1 Å². The van der Waals surface area contributed by atoms with Crippen LogP contribution in [0.4, 0.5) is 0 Å². The van der Waals surface area contributed by atoms with Crippen molar-refractivity contribution < 1.29 is 0 Å². The Morgan fingerprint density at radius 1 is 1.00 bits per heavy atom. The van der Waals surface area contributed by atoms with Crippen LogP contribution in [0.2, 0.25) is 12.6 Å². The summed E-state index contributed by atoms with van der Waals surface area (Å²) in [5, 5.41) is 0. The Morgan fingerprint density at radius 2 is 1.46 bits per heavy atom. The highest BCUT2D eigenvalue weighted by atomic mass is 28.3. The molecule has 0 fully saturated rings. The van der Waals surface area contributed by atoms with Gasteiger partial charge in [0, 0.05) is 0 Å². The molecule has 0 aromatic heterocycles. The predicted octanol–water partition coefficient (Wildman–Crippen LogP) is 2.37. The molecule has 1 unspecified atom stereocenters. The van der Waals surface area contributed by atoms with Gasteiger partial charge in [-0.2, -0.15) is 0 Å². The number of hydrogen-bond acceptors (Lipinski definition) is 2. The lowest BCUT2D eigenvalue weighted by atomic mass is 10.6. The fourth-order valence-electron chi connectivity index (χ4n) is 2.04. The van der Waals surface area contributed by atoms with E-state index in [-0.39, 0.29) is 0 Å². The Hall–Kier alpha value is 0.137. The lowest BCUT2D eigenvalue weighted by Crippen LogP contribution is -2.60. The van der Waals surface area contributed by atoms with Crippen molar-refractivity contribution >= 4 is 8.40 Å². The monoisotopic (exact) mass is 202 g/mol. The summed E-state index contributed by atoms with van der Waals surface area (Å²) < 4.78 is 5.14. The first-order chi connectivity index (χ1) is 6.02. The topological polar surface area (TPSA) is 6.48 Å². The molecule has 0 spiro atoms. The zero-order valence-electron chi connectivity index (χ0n) is 10.2. The van der Waals surface area contributed by atoms with E-state index in [2.05, 4.69) is 50.5 Å². The first-order valence-electron chi connectivity index (χ1n) is 5.45. The van der Waals surface area contributed by atoms with Gasteiger partial charge in [-0.1, -0.05) is 27.2 Å². The van der Waals surface area contributed by atoms with E-state index in [9.17, 15) is 0 Å². The van der Waals surface area contributed by atoms with Crippen molar-refractivity contribution in [1.82, 2.24) is 9.13 Å². The molecule has 0 aliphatic carbocycles. The van der Waals surface area contributed by atoms with E-state index < -0.39 is 8.40 Å². The molecular formula is C10H26N2Si. The van der Waals surface area contributed by atoms with Gasteiger partial charge in [-0.05, 0) is 39.8 Å². The van der Waals surface area contributed by atoms with E-state index in [1.54, 1.807) is 0 Å². The highest BCUT2D eigenvalue weighted by Crippen LogP contribution is 2.19. The van der Waals surface area contributed by atoms with Crippen LogP contribution in [0.25, 0.3) is 0 Å². The average Bonchev–Trinajstić information content (AvgIpc) is 2.06. The average molecular weight is 202 g/mol. The molecule has 1 atom stereocenters. The molecule has 2 nitrogen and oxygen atoms in total. The van der Waals surface area contributed by atoms with Crippen molar-refractivity contribution in [1.29, 1.82) is 0 Å². The smallest absolute Gasteiger partial charge is 0.203 e. The second-order valence-corrected chi connectivity index (χ2v) is 8.49. The second-order valence-electron chi connectivity index (χ2n) is 4.03. The Bertz CT molecular complexity index is 135. The normalized spacial score (nSPS) is 16.6. The van der Waals surface area contributed by atoms with E-state index in [4.69, 9.17) is 0 Å². The van der Waals surface area contributed by atoms with Crippen molar-refractivity contribution in [2.24, 2.45) is 0 Å². The second kappa shape index (κ2) is 5.78. The summed E-state index contributed by atoms with van der Waals surface area (Å²) in [4.78, 5) is 0. The van der Waals surface area contributed by atoms with E-state index in [1.807, 2.05) is 0 Å². The van der Waals surface area contributed by atoms with Crippen LogP contribution in [0.1, 0.15) is 27.2 Å². The lowest BCUT2D eigenvalue weighted by Gasteiger charge is -2.43.